The molecule has 0 N–H and O–H groups in total. The number of carbonyl (C=O) groups is 1. The minimum atomic E-state index is -0.174. The first-order valence-corrected chi connectivity index (χ1v) is 9.92. The van der Waals surface area contributed by atoms with Crippen molar-refractivity contribution >= 4 is 27.5 Å². The Kier molecular flexibility index (Phi) is 6.31. The Bertz CT molecular complexity index is 1060. The van der Waals surface area contributed by atoms with E-state index < -0.39 is 0 Å². The molecule has 0 spiro atoms. The van der Waals surface area contributed by atoms with Gasteiger partial charge in [0.1, 0.15) is 0 Å². The number of carbonyl (C=O) groups excluding carboxylic acids is 1. The number of fused-ring (bicyclic) bond motifs is 1. The molecule has 28 heavy (non-hydrogen) atoms. The number of ether oxygens (including phenoxy) is 2. The molecule has 5 nitrogen and oxygen atoms in total. The maximum Gasteiger partial charge on any atom is 0.252 e. The van der Waals surface area contributed by atoms with Gasteiger partial charge in [0.15, 0.2) is 16.3 Å². The maximum absolute atomic E-state index is 12.6. The largest absolute Gasteiger partial charge is 0.493 e. The second-order valence-corrected chi connectivity index (χ2v) is 7.32. The summed E-state index contributed by atoms with van der Waals surface area (Å²) < 4.78 is 13.7. The SMILES string of the molecule is C=CCn1c(=NC(=O)Cc2ccc(CC)cc2)sc2cc(OC)c(OC)cc21. The Morgan fingerprint density at radius 3 is 2.39 bits per heavy atom. The van der Waals surface area contributed by atoms with Crippen LogP contribution in [0.4, 0.5) is 0 Å². The van der Waals surface area contributed by atoms with Crippen molar-refractivity contribution in [2.75, 3.05) is 14.2 Å². The van der Waals surface area contributed by atoms with Crippen molar-refractivity contribution in [3.63, 3.8) is 0 Å². The van der Waals surface area contributed by atoms with Gasteiger partial charge in [-0.25, -0.2) is 0 Å². The highest BCUT2D eigenvalue weighted by Gasteiger charge is 2.13. The van der Waals surface area contributed by atoms with Crippen LogP contribution in [0.25, 0.3) is 10.2 Å². The summed E-state index contributed by atoms with van der Waals surface area (Å²) in [6.07, 6.45) is 3.05. The molecule has 0 saturated heterocycles. The fourth-order valence-corrected chi connectivity index (χ4v) is 4.07. The summed E-state index contributed by atoms with van der Waals surface area (Å²) in [5.41, 5.74) is 3.15. The minimum absolute atomic E-state index is 0.174. The first-order chi connectivity index (χ1) is 13.6. The van der Waals surface area contributed by atoms with Gasteiger partial charge in [-0.1, -0.05) is 48.6 Å². The molecule has 0 aliphatic rings. The number of rotatable bonds is 7. The normalized spacial score (nSPS) is 11.6. The van der Waals surface area contributed by atoms with E-state index >= 15 is 0 Å². The second kappa shape index (κ2) is 8.89. The number of amides is 1. The summed E-state index contributed by atoms with van der Waals surface area (Å²) in [5, 5.41) is 0. The van der Waals surface area contributed by atoms with Gasteiger partial charge in [-0.3, -0.25) is 4.79 Å². The van der Waals surface area contributed by atoms with Crippen molar-refractivity contribution in [2.45, 2.75) is 26.3 Å². The molecule has 3 aromatic rings. The third kappa shape index (κ3) is 4.17. The first-order valence-electron chi connectivity index (χ1n) is 9.11. The third-order valence-electron chi connectivity index (χ3n) is 4.51. The van der Waals surface area contributed by atoms with Crippen LogP contribution in [0.2, 0.25) is 0 Å². The maximum atomic E-state index is 12.6. The minimum Gasteiger partial charge on any atom is -0.493 e. The van der Waals surface area contributed by atoms with Crippen LogP contribution in [0.15, 0.2) is 54.0 Å². The highest BCUT2D eigenvalue weighted by Crippen LogP contribution is 2.33. The van der Waals surface area contributed by atoms with Crippen molar-refractivity contribution < 1.29 is 14.3 Å². The highest BCUT2D eigenvalue weighted by molar-refractivity contribution is 7.16. The number of thiazole rings is 1. The Balaban J connectivity index is 2.00. The lowest BCUT2D eigenvalue weighted by Gasteiger charge is -2.08. The molecule has 1 heterocycles. The number of hydrogen-bond acceptors (Lipinski definition) is 4. The Hall–Kier alpha value is -2.86. The molecular formula is C22H24N2O3S. The second-order valence-electron chi connectivity index (χ2n) is 6.31. The van der Waals surface area contributed by atoms with Gasteiger partial charge < -0.3 is 14.0 Å². The van der Waals surface area contributed by atoms with Crippen molar-refractivity contribution in [3.8, 4) is 11.5 Å². The van der Waals surface area contributed by atoms with Crippen LogP contribution in [0.3, 0.4) is 0 Å². The van der Waals surface area contributed by atoms with Crippen molar-refractivity contribution in [1.29, 1.82) is 0 Å². The smallest absolute Gasteiger partial charge is 0.252 e. The van der Waals surface area contributed by atoms with E-state index in [0.717, 1.165) is 22.2 Å². The van der Waals surface area contributed by atoms with Gasteiger partial charge in [0.05, 0.1) is 30.9 Å². The van der Waals surface area contributed by atoms with Gasteiger partial charge in [-0.15, -0.1) is 6.58 Å². The summed E-state index contributed by atoms with van der Waals surface area (Å²) in [4.78, 5) is 17.6. The molecule has 1 aromatic heterocycles. The van der Waals surface area contributed by atoms with E-state index in [1.165, 1.54) is 16.9 Å². The fourth-order valence-electron chi connectivity index (χ4n) is 3.00. The number of benzene rings is 2. The summed E-state index contributed by atoms with van der Waals surface area (Å²) in [6.45, 7) is 6.48. The van der Waals surface area contributed by atoms with E-state index in [1.54, 1.807) is 20.3 Å². The summed E-state index contributed by atoms with van der Waals surface area (Å²) >= 11 is 1.45. The number of aryl methyl sites for hydroxylation is 1. The van der Waals surface area contributed by atoms with Crippen LogP contribution in [-0.4, -0.2) is 24.7 Å². The average molecular weight is 397 g/mol. The topological polar surface area (TPSA) is 52.8 Å². The molecule has 3 rings (SSSR count). The molecule has 0 bridgehead atoms. The lowest BCUT2D eigenvalue weighted by Crippen LogP contribution is -2.17. The van der Waals surface area contributed by atoms with E-state index in [1.807, 2.05) is 28.8 Å². The van der Waals surface area contributed by atoms with Crippen LogP contribution in [0.1, 0.15) is 18.1 Å². The average Bonchev–Trinajstić information content (AvgIpc) is 3.03. The zero-order valence-electron chi connectivity index (χ0n) is 16.4. The van der Waals surface area contributed by atoms with Gasteiger partial charge in [0.25, 0.3) is 5.91 Å². The quantitative estimate of drug-likeness (QED) is 0.564. The zero-order chi connectivity index (χ0) is 20.1. The van der Waals surface area contributed by atoms with E-state index in [2.05, 4.69) is 30.6 Å². The van der Waals surface area contributed by atoms with E-state index in [0.29, 0.717) is 22.8 Å². The van der Waals surface area contributed by atoms with Crippen LogP contribution in [-0.2, 0) is 24.2 Å². The number of aromatic nitrogens is 1. The number of nitrogens with zero attached hydrogens (tertiary/aromatic N) is 2. The van der Waals surface area contributed by atoms with E-state index in [4.69, 9.17) is 9.47 Å². The van der Waals surface area contributed by atoms with Crippen LogP contribution < -0.4 is 14.3 Å². The molecule has 0 fully saturated rings. The number of hydrogen-bond donors (Lipinski definition) is 0. The van der Waals surface area contributed by atoms with Crippen LogP contribution in [0, 0.1) is 0 Å². The molecular weight excluding hydrogens is 372 g/mol. The molecule has 1 amide bonds. The molecule has 0 aliphatic heterocycles. The monoisotopic (exact) mass is 396 g/mol. The number of allylic oxidation sites excluding steroid dienone is 1. The molecule has 0 unspecified atom stereocenters. The zero-order valence-corrected chi connectivity index (χ0v) is 17.2. The predicted molar refractivity (Wildman–Crippen MR) is 113 cm³/mol. The van der Waals surface area contributed by atoms with Crippen LogP contribution in [0.5, 0.6) is 11.5 Å². The summed E-state index contributed by atoms with van der Waals surface area (Å²) in [7, 11) is 3.21. The van der Waals surface area contributed by atoms with Gasteiger partial charge in [-0.05, 0) is 17.5 Å². The Morgan fingerprint density at radius 2 is 1.79 bits per heavy atom. The lowest BCUT2D eigenvalue weighted by atomic mass is 10.1. The molecule has 0 aliphatic carbocycles. The lowest BCUT2D eigenvalue weighted by molar-refractivity contribution is -0.117. The van der Waals surface area contributed by atoms with Gasteiger partial charge in [0.2, 0.25) is 0 Å². The summed E-state index contributed by atoms with van der Waals surface area (Å²) in [6, 6.07) is 11.9. The van der Waals surface area contributed by atoms with Crippen molar-refractivity contribution in [2.24, 2.45) is 4.99 Å². The van der Waals surface area contributed by atoms with Crippen molar-refractivity contribution in [1.82, 2.24) is 4.57 Å². The van der Waals surface area contributed by atoms with Gasteiger partial charge in [-0.2, -0.15) is 4.99 Å². The fraction of sp³-hybridized carbons (Fsp3) is 0.273. The van der Waals surface area contributed by atoms with Gasteiger partial charge in [0, 0.05) is 18.7 Å². The van der Waals surface area contributed by atoms with Crippen LogP contribution >= 0.6 is 11.3 Å². The van der Waals surface area contributed by atoms with E-state index in [9.17, 15) is 4.79 Å². The first kappa shape index (κ1) is 19.9. The molecule has 0 saturated carbocycles. The van der Waals surface area contributed by atoms with Gasteiger partial charge >= 0.3 is 0 Å². The standard InChI is InChI=1S/C22H24N2O3S/c1-5-11-24-17-13-18(26-3)19(27-4)14-20(17)28-22(24)23-21(25)12-16-9-7-15(6-2)8-10-16/h5,7-10,13-14H,1,6,11-12H2,2-4H3. The third-order valence-corrected chi connectivity index (χ3v) is 5.55. The van der Waals surface area contributed by atoms with Crippen molar-refractivity contribution in [3.05, 3.63) is 65.0 Å². The Labute approximate surface area is 168 Å². The molecule has 0 radical (unpaired) electrons. The highest BCUT2D eigenvalue weighted by atomic mass is 32.1. The molecule has 146 valence electrons. The summed E-state index contributed by atoms with van der Waals surface area (Å²) in [5.74, 6) is 1.11. The van der Waals surface area contributed by atoms with E-state index in [-0.39, 0.29) is 12.3 Å². The Morgan fingerprint density at radius 1 is 1.14 bits per heavy atom. The predicted octanol–water partition coefficient (Wildman–Crippen LogP) is 4.14. The molecule has 0 atom stereocenters. The molecule has 6 heteroatoms. The number of methoxy groups -OCH3 is 2. The molecule has 2 aromatic carbocycles.